The molecule has 0 saturated heterocycles. The van der Waals surface area contributed by atoms with Crippen molar-refractivity contribution in [1.29, 1.82) is 0 Å². The van der Waals surface area contributed by atoms with E-state index in [1.54, 1.807) is 0 Å². The number of benzene rings is 2. The molecule has 0 amide bonds. The van der Waals surface area contributed by atoms with Crippen LogP contribution in [0.3, 0.4) is 0 Å². The predicted octanol–water partition coefficient (Wildman–Crippen LogP) is 7.65. The van der Waals surface area contributed by atoms with Crippen LogP contribution in [0.1, 0.15) is 43.9 Å². The molecule has 248 valence electrons. The van der Waals surface area contributed by atoms with E-state index in [0.717, 1.165) is 34.7 Å². The number of aromatic nitrogens is 1. The summed E-state index contributed by atoms with van der Waals surface area (Å²) in [5.74, 6) is -0.00942. The van der Waals surface area contributed by atoms with Gasteiger partial charge in [-0.3, -0.25) is 4.79 Å². The summed E-state index contributed by atoms with van der Waals surface area (Å²) in [7, 11) is 0. The molecular formula is C30H26F9N3O4. The number of ether oxygens (including phenoxy) is 1. The highest BCUT2D eigenvalue weighted by Gasteiger charge is 2.38. The lowest BCUT2D eigenvalue weighted by molar-refractivity contribution is -0.137. The van der Waals surface area contributed by atoms with Gasteiger partial charge in [-0.05, 0) is 51.3 Å². The fourth-order valence-corrected chi connectivity index (χ4v) is 5.50. The van der Waals surface area contributed by atoms with Gasteiger partial charge in [0, 0.05) is 46.3 Å². The van der Waals surface area contributed by atoms with Crippen molar-refractivity contribution >= 4 is 33.2 Å². The lowest BCUT2D eigenvalue weighted by atomic mass is 9.88. The molecule has 0 fully saturated rings. The molecule has 2 N–H and O–H groups in total. The number of hydrogen-bond donors (Lipinski definition) is 2. The first kappa shape index (κ1) is 33.0. The van der Waals surface area contributed by atoms with Crippen LogP contribution in [0.2, 0.25) is 0 Å². The zero-order chi connectivity index (χ0) is 34.0. The lowest BCUT2D eigenvalue weighted by Crippen LogP contribution is -2.46. The first-order valence-corrected chi connectivity index (χ1v) is 13.8. The van der Waals surface area contributed by atoms with E-state index in [1.165, 1.54) is 19.1 Å². The van der Waals surface area contributed by atoms with Crippen LogP contribution < -0.4 is 26.1 Å². The van der Waals surface area contributed by atoms with Gasteiger partial charge in [0.15, 0.2) is 0 Å². The second-order valence-electron chi connectivity index (χ2n) is 11.8. The fraction of sp³-hybridized carbons (Fsp3) is 0.400. The maximum atomic E-state index is 13.2. The second kappa shape index (κ2) is 11.2. The second-order valence-corrected chi connectivity index (χ2v) is 11.8. The summed E-state index contributed by atoms with van der Waals surface area (Å²) in [6.07, 6.45) is -12.4. The van der Waals surface area contributed by atoms with Crippen molar-refractivity contribution in [2.45, 2.75) is 63.7 Å². The normalized spacial score (nSPS) is 17.8. The number of rotatable bonds is 1. The van der Waals surface area contributed by atoms with Crippen molar-refractivity contribution in [1.82, 2.24) is 4.98 Å². The first-order chi connectivity index (χ1) is 21.1. The van der Waals surface area contributed by atoms with Crippen LogP contribution >= 0.6 is 0 Å². The minimum absolute atomic E-state index is 0.00942. The Morgan fingerprint density at radius 3 is 2.17 bits per heavy atom. The van der Waals surface area contributed by atoms with Gasteiger partial charge in [0.2, 0.25) is 5.56 Å². The van der Waals surface area contributed by atoms with Gasteiger partial charge in [0.1, 0.15) is 24.5 Å². The van der Waals surface area contributed by atoms with Crippen LogP contribution in [-0.2, 0) is 18.8 Å². The van der Waals surface area contributed by atoms with Crippen LogP contribution in [0.4, 0.5) is 50.9 Å². The standard InChI is InChI=1S/C15H12F6N2O2.C15H14F3NO2/c1-7-5-25-12-4-10-8(2-11(12)23(7)6-14(16,17)18)9(15(19,20)21)3-13(24)22-10;1-14(2)4-3-8-5-9-10(15(16,17)18)6-13(20)21-12(9)7-11(8)19-14/h2-4,7H,5-6H2,1H3,(H,22,24);5-7,19H,3-4H2,1-2H3/t7-;/m1./s1. The number of aromatic amines is 1. The maximum absolute atomic E-state index is 13.2. The van der Waals surface area contributed by atoms with E-state index in [1.807, 2.05) is 13.8 Å². The monoisotopic (exact) mass is 663 g/mol. The van der Waals surface area contributed by atoms with E-state index in [2.05, 4.69) is 10.3 Å². The predicted molar refractivity (Wildman–Crippen MR) is 151 cm³/mol. The summed E-state index contributed by atoms with van der Waals surface area (Å²) in [5.41, 5.74) is -3.01. The van der Waals surface area contributed by atoms with Gasteiger partial charge in [0.05, 0.1) is 28.4 Å². The minimum atomic E-state index is -4.82. The average Bonchev–Trinajstić information content (AvgIpc) is 2.90. The number of anilines is 2. The van der Waals surface area contributed by atoms with Crippen LogP contribution in [0.5, 0.6) is 5.75 Å². The number of alkyl halides is 9. The Labute approximate surface area is 253 Å². The van der Waals surface area contributed by atoms with Gasteiger partial charge in [-0.2, -0.15) is 39.5 Å². The molecule has 2 aliphatic rings. The molecule has 0 aliphatic carbocycles. The molecule has 0 radical (unpaired) electrons. The molecule has 7 nitrogen and oxygen atoms in total. The van der Waals surface area contributed by atoms with Crippen molar-refractivity contribution in [3.63, 3.8) is 0 Å². The van der Waals surface area contributed by atoms with Gasteiger partial charge in [0.25, 0.3) is 0 Å². The van der Waals surface area contributed by atoms with Gasteiger partial charge in [-0.15, -0.1) is 0 Å². The highest BCUT2D eigenvalue weighted by atomic mass is 19.4. The molecule has 46 heavy (non-hydrogen) atoms. The first-order valence-electron chi connectivity index (χ1n) is 13.8. The summed E-state index contributed by atoms with van der Waals surface area (Å²) < 4.78 is 128. The van der Waals surface area contributed by atoms with Gasteiger partial charge < -0.3 is 24.4 Å². The molecule has 0 unspecified atom stereocenters. The number of H-pyrrole nitrogens is 1. The van der Waals surface area contributed by atoms with E-state index in [-0.39, 0.29) is 40.1 Å². The molecule has 4 heterocycles. The molecule has 16 heteroatoms. The molecule has 4 aromatic rings. The van der Waals surface area contributed by atoms with Crippen molar-refractivity contribution in [3.05, 3.63) is 73.9 Å². The number of nitrogens with zero attached hydrogens (tertiary/aromatic N) is 1. The smallest absolute Gasteiger partial charge is 0.417 e. The van der Waals surface area contributed by atoms with E-state index in [9.17, 15) is 49.1 Å². The Bertz CT molecular complexity index is 1920. The Kier molecular flexibility index (Phi) is 8.00. The number of fused-ring (bicyclic) bond motifs is 4. The third-order valence-electron chi connectivity index (χ3n) is 7.67. The summed E-state index contributed by atoms with van der Waals surface area (Å²) in [4.78, 5) is 26.0. The maximum Gasteiger partial charge on any atom is 0.417 e. The molecule has 2 aromatic heterocycles. The van der Waals surface area contributed by atoms with E-state index in [0.29, 0.717) is 18.6 Å². The van der Waals surface area contributed by atoms with Gasteiger partial charge in [-0.1, -0.05) is 0 Å². The minimum Gasteiger partial charge on any atom is -0.489 e. The summed E-state index contributed by atoms with van der Waals surface area (Å²) in [5, 5.41) is 2.80. The Morgan fingerprint density at radius 1 is 0.891 bits per heavy atom. The molecule has 6 rings (SSSR count). The molecule has 0 bridgehead atoms. The third kappa shape index (κ3) is 6.89. The Morgan fingerprint density at radius 2 is 1.54 bits per heavy atom. The zero-order valence-electron chi connectivity index (χ0n) is 24.4. The number of aryl methyl sites for hydroxylation is 1. The van der Waals surface area contributed by atoms with E-state index >= 15 is 0 Å². The topological polar surface area (TPSA) is 87.6 Å². The third-order valence-corrected chi connectivity index (χ3v) is 7.67. The molecule has 1 atom stereocenters. The quantitative estimate of drug-likeness (QED) is 0.161. The molecule has 0 spiro atoms. The molecule has 2 aliphatic heterocycles. The number of hydrogen-bond acceptors (Lipinski definition) is 6. The number of halogens is 9. The number of nitrogens with one attached hydrogen (secondary N) is 2. The van der Waals surface area contributed by atoms with Crippen LogP contribution in [-0.4, -0.2) is 35.9 Å². The van der Waals surface area contributed by atoms with Gasteiger partial charge >= 0.3 is 24.2 Å². The summed E-state index contributed by atoms with van der Waals surface area (Å²) in [6.45, 7) is 4.14. The lowest BCUT2D eigenvalue weighted by Gasteiger charge is -2.37. The van der Waals surface area contributed by atoms with E-state index in [4.69, 9.17) is 9.15 Å². The van der Waals surface area contributed by atoms with Crippen LogP contribution in [0.15, 0.2) is 50.4 Å². The Balaban J connectivity index is 0.000000184. The number of pyridine rings is 1. The largest absolute Gasteiger partial charge is 0.489 e. The summed E-state index contributed by atoms with van der Waals surface area (Å²) >= 11 is 0. The van der Waals surface area contributed by atoms with Crippen LogP contribution in [0, 0.1) is 0 Å². The SMILES string of the molecule is CC1(C)CCc2cc3c(C(F)(F)F)cc(=O)oc3cc2N1.C[C@@H]1COc2cc3[nH]c(=O)cc(C(F)(F)F)c3cc2N1CC(F)(F)F. The van der Waals surface area contributed by atoms with Crippen molar-refractivity contribution in [3.8, 4) is 5.75 Å². The molecule has 0 saturated carbocycles. The highest BCUT2D eigenvalue weighted by molar-refractivity contribution is 5.89. The van der Waals surface area contributed by atoms with E-state index < -0.39 is 58.8 Å². The Hall–Kier alpha value is -4.37. The van der Waals surface area contributed by atoms with Crippen molar-refractivity contribution in [2.24, 2.45) is 0 Å². The summed E-state index contributed by atoms with van der Waals surface area (Å²) in [6, 6.07) is 5.27. The highest BCUT2D eigenvalue weighted by Crippen LogP contribution is 2.42. The molecule has 2 aromatic carbocycles. The molecular weight excluding hydrogens is 637 g/mol. The van der Waals surface area contributed by atoms with Crippen molar-refractivity contribution < 1.29 is 48.7 Å². The zero-order valence-corrected chi connectivity index (χ0v) is 24.4. The van der Waals surface area contributed by atoms with Crippen LogP contribution in [0.25, 0.3) is 21.9 Å². The fourth-order valence-electron chi connectivity index (χ4n) is 5.50. The average molecular weight is 664 g/mol. The van der Waals surface area contributed by atoms with Crippen molar-refractivity contribution in [2.75, 3.05) is 23.4 Å². The van der Waals surface area contributed by atoms with Gasteiger partial charge in [-0.25, -0.2) is 4.79 Å².